The van der Waals surface area contributed by atoms with Crippen molar-refractivity contribution in [1.82, 2.24) is 10.2 Å². The van der Waals surface area contributed by atoms with Gasteiger partial charge >= 0.3 is 5.97 Å². The highest BCUT2D eigenvalue weighted by atomic mass is 16.4. The van der Waals surface area contributed by atoms with Crippen molar-refractivity contribution in [1.29, 1.82) is 0 Å². The van der Waals surface area contributed by atoms with E-state index in [-0.39, 0.29) is 5.92 Å². The average molecular weight is 290 g/mol. The summed E-state index contributed by atoms with van der Waals surface area (Å²) in [4.78, 5) is 13.8. The molecule has 1 aromatic carbocycles. The molecule has 116 valence electrons. The minimum Gasteiger partial charge on any atom is -0.480 e. The van der Waals surface area contributed by atoms with Crippen LogP contribution >= 0.6 is 0 Å². The van der Waals surface area contributed by atoms with Gasteiger partial charge < -0.3 is 10.4 Å². The van der Waals surface area contributed by atoms with Crippen molar-refractivity contribution >= 4 is 5.97 Å². The molecule has 0 aromatic heterocycles. The van der Waals surface area contributed by atoms with Crippen molar-refractivity contribution in [2.24, 2.45) is 5.92 Å². The van der Waals surface area contributed by atoms with Crippen molar-refractivity contribution in [2.75, 3.05) is 19.6 Å². The lowest BCUT2D eigenvalue weighted by atomic mass is 9.90. The molecule has 0 aliphatic carbocycles. The molecule has 1 aliphatic heterocycles. The van der Waals surface area contributed by atoms with Gasteiger partial charge in [-0.1, -0.05) is 36.8 Å². The van der Waals surface area contributed by atoms with E-state index in [1.54, 1.807) is 0 Å². The van der Waals surface area contributed by atoms with E-state index in [1.165, 1.54) is 11.1 Å². The van der Waals surface area contributed by atoms with Gasteiger partial charge in [0.2, 0.25) is 0 Å². The SMILES string of the molecule is CCNC(C(=O)O)C1CCCN(Cc2cccc(C)c2)C1. The van der Waals surface area contributed by atoms with E-state index in [2.05, 4.69) is 41.4 Å². The van der Waals surface area contributed by atoms with Crippen molar-refractivity contribution in [3.05, 3.63) is 35.4 Å². The largest absolute Gasteiger partial charge is 0.480 e. The van der Waals surface area contributed by atoms with E-state index in [0.29, 0.717) is 6.54 Å². The minimum atomic E-state index is -0.723. The maximum Gasteiger partial charge on any atom is 0.321 e. The zero-order valence-electron chi connectivity index (χ0n) is 13.0. The predicted octanol–water partition coefficient (Wildman–Crippen LogP) is 2.27. The molecule has 1 saturated heterocycles. The second kappa shape index (κ2) is 7.57. The predicted molar refractivity (Wildman–Crippen MR) is 84.3 cm³/mol. The quantitative estimate of drug-likeness (QED) is 0.844. The van der Waals surface area contributed by atoms with E-state index in [4.69, 9.17) is 0 Å². The monoisotopic (exact) mass is 290 g/mol. The van der Waals surface area contributed by atoms with Crippen LogP contribution in [-0.4, -0.2) is 41.7 Å². The molecule has 2 rings (SSSR count). The molecule has 0 saturated carbocycles. The molecule has 21 heavy (non-hydrogen) atoms. The number of nitrogens with one attached hydrogen (secondary N) is 1. The maximum absolute atomic E-state index is 11.4. The third kappa shape index (κ3) is 4.55. The number of hydrogen-bond acceptors (Lipinski definition) is 3. The summed E-state index contributed by atoms with van der Waals surface area (Å²) >= 11 is 0. The molecule has 1 fully saturated rings. The summed E-state index contributed by atoms with van der Waals surface area (Å²) < 4.78 is 0. The Bertz CT molecular complexity index is 476. The van der Waals surface area contributed by atoms with Crippen LogP contribution in [0.25, 0.3) is 0 Å². The number of nitrogens with zero attached hydrogens (tertiary/aromatic N) is 1. The van der Waals surface area contributed by atoms with E-state index in [1.807, 2.05) is 6.92 Å². The lowest BCUT2D eigenvalue weighted by Gasteiger charge is -2.35. The van der Waals surface area contributed by atoms with Crippen molar-refractivity contribution in [3.63, 3.8) is 0 Å². The molecule has 1 aromatic rings. The third-order valence-electron chi connectivity index (χ3n) is 4.19. The van der Waals surface area contributed by atoms with Gasteiger partial charge in [0.1, 0.15) is 6.04 Å². The van der Waals surface area contributed by atoms with Crippen molar-refractivity contribution < 1.29 is 9.90 Å². The van der Waals surface area contributed by atoms with Gasteiger partial charge in [-0.15, -0.1) is 0 Å². The Balaban J connectivity index is 1.98. The zero-order chi connectivity index (χ0) is 15.2. The number of likely N-dealkylation sites (N-methyl/N-ethyl adjacent to an activating group) is 1. The van der Waals surface area contributed by atoms with Crippen LogP contribution in [0.1, 0.15) is 30.9 Å². The average Bonchev–Trinajstić information content (AvgIpc) is 2.44. The molecule has 4 heteroatoms. The first-order valence-electron chi connectivity index (χ1n) is 7.84. The van der Waals surface area contributed by atoms with Crippen LogP contribution in [0.3, 0.4) is 0 Å². The number of aliphatic carboxylic acids is 1. The molecule has 2 atom stereocenters. The van der Waals surface area contributed by atoms with Crippen molar-refractivity contribution in [3.8, 4) is 0 Å². The summed E-state index contributed by atoms with van der Waals surface area (Å²) in [6, 6.07) is 8.13. The number of carboxylic acid groups (broad SMARTS) is 1. The zero-order valence-corrected chi connectivity index (χ0v) is 13.0. The number of likely N-dealkylation sites (tertiary alicyclic amines) is 1. The number of aryl methyl sites for hydroxylation is 1. The van der Waals surface area contributed by atoms with Crippen LogP contribution in [0, 0.1) is 12.8 Å². The Morgan fingerprint density at radius 2 is 2.33 bits per heavy atom. The molecular formula is C17H26N2O2. The number of hydrogen-bond donors (Lipinski definition) is 2. The second-order valence-electron chi connectivity index (χ2n) is 6.00. The summed E-state index contributed by atoms with van der Waals surface area (Å²) in [5.41, 5.74) is 2.59. The highest BCUT2D eigenvalue weighted by Gasteiger charge is 2.31. The minimum absolute atomic E-state index is 0.195. The van der Waals surface area contributed by atoms with Crippen LogP contribution in [0.5, 0.6) is 0 Å². The second-order valence-corrected chi connectivity index (χ2v) is 6.00. The first kappa shape index (κ1) is 16.0. The van der Waals surface area contributed by atoms with Gasteiger partial charge in [0.05, 0.1) is 0 Å². The number of piperidine rings is 1. The van der Waals surface area contributed by atoms with Crippen LogP contribution in [0.2, 0.25) is 0 Å². The van der Waals surface area contributed by atoms with E-state index < -0.39 is 12.0 Å². The normalized spacial score (nSPS) is 21.1. The van der Waals surface area contributed by atoms with Gasteiger partial charge in [0, 0.05) is 13.1 Å². The van der Waals surface area contributed by atoms with E-state index >= 15 is 0 Å². The lowest BCUT2D eigenvalue weighted by Crippen LogP contribution is -2.49. The molecule has 0 radical (unpaired) electrons. The van der Waals surface area contributed by atoms with Gasteiger partial charge in [-0.25, -0.2) is 0 Å². The summed E-state index contributed by atoms with van der Waals surface area (Å²) in [7, 11) is 0. The number of benzene rings is 1. The van der Waals surface area contributed by atoms with Crippen LogP contribution < -0.4 is 5.32 Å². The first-order valence-corrected chi connectivity index (χ1v) is 7.84. The molecular weight excluding hydrogens is 264 g/mol. The van der Waals surface area contributed by atoms with E-state index in [0.717, 1.165) is 32.5 Å². The molecule has 4 nitrogen and oxygen atoms in total. The summed E-state index contributed by atoms with van der Waals surface area (Å²) in [5.74, 6) is -0.528. The smallest absolute Gasteiger partial charge is 0.321 e. The lowest BCUT2D eigenvalue weighted by molar-refractivity contribution is -0.141. The molecule has 0 bridgehead atoms. The van der Waals surface area contributed by atoms with Gasteiger partial charge in [-0.05, 0) is 44.3 Å². The highest BCUT2D eigenvalue weighted by Crippen LogP contribution is 2.22. The maximum atomic E-state index is 11.4. The van der Waals surface area contributed by atoms with Gasteiger partial charge in [-0.2, -0.15) is 0 Å². The summed E-state index contributed by atoms with van der Waals surface area (Å²) in [6.45, 7) is 7.60. The Morgan fingerprint density at radius 3 is 3.00 bits per heavy atom. The van der Waals surface area contributed by atoms with Crippen molar-refractivity contribution in [2.45, 2.75) is 39.3 Å². The summed E-state index contributed by atoms with van der Waals surface area (Å²) in [5, 5.41) is 12.5. The first-order chi connectivity index (χ1) is 10.1. The molecule has 1 aliphatic rings. The number of rotatable bonds is 6. The Labute approximate surface area is 127 Å². The van der Waals surface area contributed by atoms with Gasteiger partial charge in [-0.3, -0.25) is 9.69 Å². The fraction of sp³-hybridized carbons (Fsp3) is 0.588. The Hall–Kier alpha value is -1.39. The number of carboxylic acids is 1. The topological polar surface area (TPSA) is 52.6 Å². The molecule has 2 unspecified atom stereocenters. The standard InChI is InChI=1S/C17H26N2O2/c1-3-18-16(17(20)21)15-8-5-9-19(12-15)11-14-7-4-6-13(2)10-14/h4,6-7,10,15-16,18H,3,5,8-9,11-12H2,1-2H3,(H,20,21). The number of carbonyl (C=O) groups is 1. The van der Waals surface area contributed by atoms with Crippen LogP contribution in [-0.2, 0) is 11.3 Å². The molecule has 0 spiro atoms. The van der Waals surface area contributed by atoms with Gasteiger partial charge in [0.25, 0.3) is 0 Å². The fourth-order valence-electron chi connectivity index (χ4n) is 3.25. The molecule has 1 heterocycles. The molecule has 2 N–H and O–H groups in total. The van der Waals surface area contributed by atoms with Gasteiger partial charge in [0.15, 0.2) is 0 Å². The van der Waals surface area contributed by atoms with Crippen LogP contribution in [0.4, 0.5) is 0 Å². The van der Waals surface area contributed by atoms with Crippen LogP contribution in [0.15, 0.2) is 24.3 Å². The summed E-state index contributed by atoms with van der Waals surface area (Å²) in [6.07, 6.45) is 2.07. The Kier molecular flexibility index (Phi) is 5.76. The Morgan fingerprint density at radius 1 is 1.52 bits per heavy atom. The fourth-order valence-corrected chi connectivity index (χ4v) is 3.25. The highest BCUT2D eigenvalue weighted by molar-refractivity contribution is 5.73. The molecule has 0 amide bonds. The van der Waals surface area contributed by atoms with E-state index in [9.17, 15) is 9.90 Å². The third-order valence-corrected chi connectivity index (χ3v) is 4.19.